The normalized spacial score (nSPS) is 28.5. The molecule has 0 bridgehead atoms. The van der Waals surface area contributed by atoms with Crippen LogP contribution < -0.4 is 15.8 Å². The second-order valence-corrected chi connectivity index (χ2v) is 6.63. The fraction of sp³-hybridized carbons (Fsp3) is 0.412. The number of imide groups is 2. The molecule has 8 nitrogen and oxygen atoms in total. The van der Waals surface area contributed by atoms with Crippen LogP contribution in [0.3, 0.4) is 0 Å². The molecule has 2 heterocycles. The summed E-state index contributed by atoms with van der Waals surface area (Å²) < 4.78 is 5.76. The van der Waals surface area contributed by atoms with Crippen molar-refractivity contribution in [3.05, 3.63) is 29.3 Å². The number of carbonyl (C=O) groups excluding carboxylic acids is 4. The number of hydrogen-bond acceptors (Lipinski definition) is 6. The van der Waals surface area contributed by atoms with E-state index >= 15 is 0 Å². The van der Waals surface area contributed by atoms with Crippen LogP contribution in [0.25, 0.3) is 0 Å². The minimum absolute atomic E-state index is 0.0199. The summed E-state index contributed by atoms with van der Waals surface area (Å²) in [5.41, 5.74) is 6.19. The van der Waals surface area contributed by atoms with Gasteiger partial charge in [-0.1, -0.05) is 0 Å². The summed E-state index contributed by atoms with van der Waals surface area (Å²) in [6.07, 6.45) is 1.77. The topological polar surface area (TPSA) is 119 Å². The van der Waals surface area contributed by atoms with Gasteiger partial charge in [0.25, 0.3) is 11.8 Å². The number of nitrogens with zero attached hydrogens (tertiary/aromatic N) is 1. The first-order valence-corrected chi connectivity index (χ1v) is 8.22. The van der Waals surface area contributed by atoms with Crippen LogP contribution in [-0.4, -0.2) is 46.7 Å². The van der Waals surface area contributed by atoms with Gasteiger partial charge in [-0.3, -0.25) is 29.4 Å². The smallest absolute Gasteiger partial charge is 0.262 e. The maximum Gasteiger partial charge on any atom is 0.262 e. The third kappa shape index (κ3) is 2.58. The minimum Gasteiger partial charge on any atom is -0.490 e. The number of fused-ring (bicyclic) bond motifs is 1. The van der Waals surface area contributed by atoms with Crippen LogP contribution in [0, 0.1) is 0 Å². The van der Waals surface area contributed by atoms with Gasteiger partial charge in [-0.2, -0.15) is 0 Å². The number of piperidine rings is 1. The van der Waals surface area contributed by atoms with E-state index < -0.39 is 29.7 Å². The Kier molecular flexibility index (Phi) is 3.57. The van der Waals surface area contributed by atoms with Crippen molar-refractivity contribution < 1.29 is 23.9 Å². The maximum absolute atomic E-state index is 12.7. The van der Waals surface area contributed by atoms with Crippen molar-refractivity contribution >= 4 is 23.6 Å². The Morgan fingerprint density at radius 1 is 1.08 bits per heavy atom. The number of benzene rings is 1. The zero-order valence-electron chi connectivity index (χ0n) is 13.4. The van der Waals surface area contributed by atoms with E-state index in [2.05, 4.69) is 5.32 Å². The zero-order chi connectivity index (χ0) is 17.7. The maximum atomic E-state index is 12.7. The Morgan fingerprint density at radius 3 is 2.48 bits per heavy atom. The molecule has 2 fully saturated rings. The molecule has 3 aliphatic rings. The molecule has 1 aromatic carbocycles. The number of nitrogens with two attached hydrogens (primary N) is 1. The molecule has 25 heavy (non-hydrogen) atoms. The van der Waals surface area contributed by atoms with Crippen molar-refractivity contribution in [2.24, 2.45) is 5.73 Å². The molecule has 4 rings (SSSR count). The van der Waals surface area contributed by atoms with Crippen LogP contribution in [0.4, 0.5) is 0 Å². The average molecular weight is 343 g/mol. The lowest BCUT2D eigenvalue weighted by molar-refractivity contribution is -0.136. The molecule has 2 aliphatic heterocycles. The lowest BCUT2D eigenvalue weighted by atomic mass is 9.90. The van der Waals surface area contributed by atoms with Crippen molar-refractivity contribution in [3.8, 4) is 5.75 Å². The first kappa shape index (κ1) is 15.8. The molecule has 8 heteroatoms. The Labute approximate surface area is 143 Å². The molecule has 1 saturated carbocycles. The second-order valence-electron chi connectivity index (χ2n) is 6.63. The fourth-order valence-corrected chi connectivity index (χ4v) is 3.42. The van der Waals surface area contributed by atoms with Crippen LogP contribution in [0.2, 0.25) is 0 Å². The molecular formula is C17H17N3O5. The van der Waals surface area contributed by atoms with E-state index in [0.717, 1.165) is 17.7 Å². The lowest BCUT2D eigenvalue weighted by Crippen LogP contribution is -2.54. The van der Waals surface area contributed by atoms with Gasteiger partial charge >= 0.3 is 0 Å². The van der Waals surface area contributed by atoms with E-state index in [1.165, 1.54) is 12.1 Å². The molecule has 3 N–H and O–H groups in total. The van der Waals surface area contributed by atoms with Crippen LogP contribution in [0.5, 0.6) is 5.75 Å². The third-order valence-electron chi connectivity index (χ3n) is 4.85. The van der Waals surface area contributed by atoms with E-state index in [-0.39, 0.29) is 36.1 Å². The van der Waals surface area contributed by atoms with Crippen molar-refractivity contribution in [1.29, 1.82) is 0 Å². The van der Waals surface area contributed by atoms with Crippen molar-refractivity contribution in [1.82, 2.24) is 10.2 Å². The molecule has 0 radical (unpaired) electrons. The minimum atomic E-state index is -0.959. The highest BCUT2D eigenvalue weighted by atomic mass is 16.5. The van der Waals surface area contributed by atoms with Crippen LogP contribution in [0.15, 0.2) is 18.2 Å². The molecule has 1 unspecified atom stereocenters. The van der Waals surface area contributed by atoms with E-state index in [0.29, 0.717) is 5.75 Å². The van der Waals surface area contributed by atoms with E-state index in [9.17, 15) is 19.2 Å². The van der Waals surface area contributed by atoms with Gasteiger partial charge in [0, 0.05) is 12.5 Å². The summed E-state index contributed by atoms with van der Waals surface area (Å²) in [6.45, 7) is 0. The van der Waals surface area contributed by atoms with Crippen LogP contribution >= 0.6 is 0 Å². The largest absolute Gasteiger partial charge is 0.490 e. The average Bonchev–Trinajstić information content (AvgIpc) is 2.78. The summed E-state index contributed by atoms with van der Waals surface area (Å²) in [7, 11) is 0. The highest BCUT2D eigenvalue weighted by molar-refractivity contribution is 6.23. The lowest BCUT2D eigenvalue weighted by Gasteiger charge is -2.32. The van der Waals surface area contributed by atoms with Crippen molar-refractivity contribution in [2.75, 3.05) is 0 Å². The zero-order valence-corrected chi connectivity index (χ0v) is 13.4. The molecule has 0 spiro atoms. The summed E-state index contributed by atoms with van der Waals surface area (Å²) in [4.78, 5) is 49.5. The van der Waals surface area contributed by atoms with Crippen LogP contribution in [-0.2, 0) is 9.59 Å². The second kappa shape index (κ2) is 5.66. The summed E-state index contributed by atoms with van der Waals surface area (Å²) in [6, 6.07) is 3.90. The summed E-state index contributed by atoms with van der Waals surface area (Å²) in [5.74, 6) is -1.57. The first-order valence-electron chi connectivity index (χ1n) is 8.22. The van der Waals surface area contributed by atoms with Gasteiger partial charge in [0.1, 0.15) is 17.9 Å². The molecular weight excluding hydrogens is 326 g/mol. The number of nitrogens with one attached hydrogen (secondary N) is 1. The monoisotopic (exact) mass is 343 g/mol. The summed E-state index contributed by atoms with van der Waals surface area (Å²) >= 11 is 0. The highest BCUT2D eigenvalue weighted by Crippen LogP contribution is 2.32. The van der Waals surface area contributed by atoms with Gasteiger partial charge in [-0.25, -0.2) is 0 Å². The molecule has 1 atom stereocenters. The quantitative estimate of drug-likeness (QED) is 0.743. The molecule has 130 valence electrons. The van der Waals surface area contributed by atoms with Crippen molar-refractivity contribution in [3.63, 3.8) is 0 Å². The van der Waals surface area contributed by atoms with E-state index in [1.54, 1.807) is 6.07 Å². The Hall–Kier alpha value is -2.74. The predicted octanol–water partition coefficient (Wildman–Crippen LogP) is -0.0437. The molecule has 1 aliphatic carbocycles. The highest BCUT2D eigenvalue weighted by Gasteiger charge is 2.44. The van der Waals surface area contributed by atoms with E-state index in [4.69, 9.17) is 10.5 Å². The standard InChI is InChI=1S/C17H17N3O5/c18-8-5-10(6-8)25-9-1-2-11-12(7-9)17(24)20(16(11)23)13-3-4-14(21)19-15(13)22/h1-2,7-8,10,13H,3-6,18H2,(H,19,21,22)/t8-,10-,13?. The Bertz CT molecular complexity index is 799. The number of amides is 4. The first-order chi connectivity index (χ1) is 11.9. The molecule has 0 aromatic heterocycles. The van der Waals surface area contributed by atoms with Gasteiger partial charge in [-0.05, 0) is 37.5 Å². The van der Waals surface area contributed by atoms with Gasteiger partial charge < -0.3 is 10.5 Å². The summed E-state index contributed by atoms with van der Waals surface area (Å²) in [5, 5.41) is 2.17. The Morgan fingerprint density at radius 2 is 1.80 bits per heavy atom. The third-order valence-corrected chi connectivity index (χ3v) is 4.85. The predicted molar refractivity (Wildman–Crippen MR) is 84.7 cm³/mol. The number of ether oxygens (including phenoxy) is 1. The molecule has 4 amide bonds. The number of carbonyl (C=O) groups is 4. The molecule has 1 saturated heterocycles. The molecule has 1 aromatic rings. The van der Waals surface area contributed by atoms with Crippen LogP contribution in [0.1, 0.15) is 46.4 Å². The van der Waals surface area contributed by atoms with Gasteiger partial charge in [0.15, 0.2) is 0 Å². The van der Waals surface area contributed by atoms with Gasteiger partial charge in [0.2, 0.25) is 11.8 Å². The van der Waals surface area contributed by atoms with E-state index in [1.807, 2.05) is 0 Å². The van der Waals surface area contributed by atoms with Crippen molar-refractivity contribution in [2.45, 2.75) is 43.9 Å². The SMILES string of the molecule is N[C@H]1C[C@H](Oc2ccc3c(c2)C(=O)N(C2CCC(=O)NC2=O)C3=O)C1. The number of hydrogen-bond donors (Lipinski definition) is 2. The van der Waals surface area contributed by atoms with Gasteiger partial charge in [-0.15, -0.1) is 0 Å². The van der Waals surface area contributed by atoms with Gasteiger partial charge in [0.05, 0.1) is 11.1 Å². The Balaban J connectivity index is 1.57. The fourth-order valence-electron chi connectivity index (χ4n) is 3.42. The number of rotatable bonds is 3.